The minimum atomic E-state index is -1.55. The van der Waals surface area contributed by atoms with Crippen LogP contribution in [0.4, 0.5) is 0 Å². The molecule has 3 N–H and O–H groups in total. The summed E-state index contributed by atoms with van der Waals surface area (Å²) in [6.45, 7) is -0.686. The largest absolute Gasteiger partial charge is 0.431 e. The predicted octanol–water partition coefficient (Wildman–Crippen LogP) is -0.855. The summed E-state index contributed by atoms with van der Waals surface area (Å²) in [7, 11) is 0. The van der Waals surface area contributed by atoms with Crippen molar-refractivity contribution in [2.24, 2.45) is 0 Å². The average molecular weight is 190 g/mol. The topological polar surface area (TPSA) is 87.0 Å². The van der Waals surface area contributed by atoms with E-state index in [1.807, 2.05) is 0 Å². The SMILES string of the molecule is O=C(OC1(O)CCCC1)C(O)CO. The molecule has 0 aliphatic heterocycles. The van der Waals surface area contributed by atoms with Crippen LogP contribution in [0.3, 0.4) is 0 Å². The lowest BCUT2D eigenvalue weighted by Crippen LogP contribution is -2.37. The Kier molecular flexibility index (Phi) is 3.24. The molecule has 0 radical (unpaired) electrons. The molecule has 1 rings (SSSR count). The van der Waals surface area contributed by atoms with Gasteiger partial charge in [-0.1, -0.05) is 0 Å². The van der Waals surface area contributed by atoms with Gasteiger partial charge in [-0.3, -0.25) is 0 Å². The zero-order chi connectivity index (χ0) is 9.90. The Morgan fingerprint density at radius 1 is 1.46 bits per heavy atom. The zero-order valence-corrected chi connectivity index (χ0v) is 7.27. The average Bonchev–Trinajstić information content (AvgIpc) is 2.50. The minimum Gasteiger partial charge on any atom is -0.431 e. The van der Waals surface area contributed by atoms with Crippen LogP contribution in [0.25, 0.3) is 0 Å². The number of carbonyl (C=O) groups excluding carboxylic acids is 1. The Balaban J connectivity index is 2.43. The molecule has 76 valence electrons. The fraction of sp³-hybridized carbons (Fsp3) is 0.875. The van der Waals surface area contributed by atoms with Crippen molar-refractivity contribution in [3.05, 3.63) is 0 Å². The van der Waals surface area contributed by atoms with Gasteiger partial charge in [0.05, 0.1) is 6.61 Å². The summed E-state index contributed by atoms with van der Waals surface area (Å²) in [5.74, 6) is -2.39. The molecule has 0 aromatic heterocycles. The van der Waals surface area contributed by atoms with Crippen LogP contribution in [0.15, 0.2) is 0 Å². The predicted molar refractivity (Wildman–Crippen MR) is 42.6 cm³/mol. The molecule has 1 unspecified atom stereocenters. The maximum atomic E-state index is 10.9. The molecule has 1 aliphatic rings. The van der Waals surface area contributed by atoms with Gasteiger partial charge in [-0.2, -0.15) is 0 Å². The Morgan fingerprint density at radius 2 is 2.00 bits per heavy atom. The van der Waals surface area contributed by atoms with Gasteiger partial charge in [0.2, 0.25) is 5.79 Å². The number of carbonyl (C=O) groups is 1. The molecule has 5 heteroatoms. The van der Waals surface area contributed by atoms with Crippen LogP contribution in [-0.4, -0.2) is 39.8 Å². The van der Waals surface area contributed by atoms with Crippen LogP contribution in [0.1, 0.15) is 25.7 Å². The van der Waals surface area contributed by atoms with Gasteiger partial charge in [-0.05, 0) is 12.8 Å². The smallest absolute Gasteiger partial charge is 0.339 e. The second-order valence-corrected chi connectivity index (χ2v) is 3.27. The first-order chi connectivity index (χ1) is 6.07. The van der Waals surface area contributed by atoms with Gasteiger partial charge in [0.1, 0.15) is 0 Å². The number of hydrogen-bond acceptors (Lipinski definition) is 5. The maximum absolute atomic E-state index is 10.9. The summed E-state index contributed by atoms with van der Waals surface area (Å²) in [5, 5.41) is 26.9. The van der Waals surface area contributed by atoms with E-state index >= 15 is 0 Å². The van der Waals surface area contributed by atoms with Crippen molar-refractivity contribution >= 4 is 5.97 Å². The van der Waals surface area contributed by atoms with Crippen molar-refractivity contribution in [2.75, 3.05) is 6.61 Å². The fourth-order valence-electron chi connectivity index (χ4n) is 1.36. The van der Waals surface area contributed by atoms with Crippen LogP contribution in [0, 0.1) is 0 Å². The van der Waals surface area contributed by atoms with E-state index < -0.39 is 24.5 Å². The first kappa shape index (κ1) is 10.4. The van der Waals surface area contributed by atoms with Crippen LogP contribution < -0.4 is 0 Å². The highest BCUT2D eigenvalue weighted by atomic mass is 16.7. The molecule has 0 heterocycles. The Bertz CT molecular complexity index is 185. The number of hydrogen-bond donors (Lipinski definition) is 3. The van der Waals surface area contributed by atoms with Crippen LogP contribution in [0.2, 0.25) is 0 Å². The minimum absolute atomic E-state index is 0.400. The quantitative estimate of drug-likeness (QED) is 0.398. The maximum Gasteiger partial charge on any atom is 0.339 e. The third-order valence-corrected chi connectivity index (χ3v) is 2.12. The first-order valence-electron chi connectivity index (χ1n) is 4.31. The molecule has 0 aromatic carbocycles. The molecular weight excluding hydrogens is 176 g/mol. The van der Waals surface area contributed by atoms with Gasteiger partial charge in [0.15, 0.2) is 6.10 Å². The third kappa shape index (κ3) is 2.65. The molecular formula is C8H14O5. The van der Waals surface area contributed by atoms with Gasteiger partial charge in [0.25, 0.3) is 0 Å². The van der Waals surface area contributed by atoms with E-state index in [1.165, 1.54) is 0 Å². The summed E-state index contributed by atoms with van der Waals surface area (Å²) >= 11 is 0. The van der Waals surface area contributed by atoms with E-state index in [0.717, 1.165) is 12.8 Å². The van der Waals surface area contributed by atoms with Gasteiger partial charge >= 0.3 is 5.97 Å². The monoisotopic (exact) mass is 190 g/mol. The van der Waals surface area contributed by atoms with Crippen LogP contribution >= 0.6 is 0 Å². The van der Waals surface area contributed by atoms with E-state index in [9.17, 15) is 9.90 Å². The Labute approximate surface area is 75.9 Å². The van der Waals surface area contributed by atoms with E-state index in [1.54, 1.807) is 0 Å². The number of esters is 1. The van der Waals surface area contributed by atoms with Crippen molar-refractivity contribution in [2.45, 2.75) is 37.6 Å². The van der Waals surface area contributed by atoms with Crippen molar-refractivity contribution in [1.82, 2.24) is 0 Å². The lowest BCUT2D eigenvalue weighted by atomic mass is 10.2. The van der Waals surface area contributed by atoms with Crippen molar-refractivity contribution in [1.29, 1.82) is 0 Å². The van der Waals surface area contributed by atoms with E-state index in [4.69, 9.17) is 10.2 Å². The fourth-order valence-corrected chi connectivity index (χ4v) is 1.36. The highest BCUT2D eigenvalue weighted by molar-refractivity contribution is 5.74. The van der Waals surface area contributed by atoms with E-state index in [2.05, 4.69) is 4.74 Å². The number of ether oxygens (including phenoxy) is 1. The van der Waals surface area contributed by atoms with Gasteiger partial charge < -0.3 is 20.1 Å². The van der Waals surface area contributed by atoms with Gasteiger partial charge in [-0.25, -0.2) is 4.79 Å². The van der Waals surface area contributed by atoms with Crippen LogP contribution in [0.5, 0.6) is 0 Å². The summed E-state index contributed by atoms with van der Waals surface area (Å²) in [4.78, 5) is 10.9. The molecule has 1 atom stereocenters. The van der Waals surface area contributed by atoms with E-state index in [0.29, 0.717) is 12.8 Å². The lowest BCUT2D eigenvalue weighted by molar-refractivity contribution is -0.215. The molecule has 0 bridgehead atoms. The Hall–Kier alpha value is -0.650. The highest BCUT2D eigenvalue weighted by Crippen LogP contribution is 2.30. The zero-order valence-electron chi connectivity index (χ0n) is 7.27. The standard InChI is InChI=1S/C8H14O5/c9-5-6(10)7(11)13-8(12)3-1-2-4-8/h6,9-10,12H,1-5H2. The summed E-state index contributed by atoms with van der Waals surface area (Å²) in [6.07, 6.45) is 0.857. The summed E-state index contributed by atoms with van der Waals surface area (Å²) in [6, 6.07) is 0. The number of aliphatic hydroxyl groups excluding tert-OH is 2. The molecule has 0 amide bonds. The molecule has 13 heavy (non-hydrogen) atoms. The lowest BCUT2D eigenvalue weighted by Gasteiger charge is -2.23. The van der Waals surface area contributed by atoms with Gasteiger partial charge in [0, 0.05) is 12.8 Å². The molecule has 0 aromatic rings. The molecule has 0 spiro atoms. The highest BCUT2D eigenvalue weighted by Gasteiger charge is 2.36. The number of aliphatic hydroxyl groups is 3. The summed E-state index contributed by atoms with van der Waals surface area (Å²) in [5.41, 5.74) is 0. The molecule has 1 saturated carbocycles. The molecule has 0 saturated heterocycles. The van der Waals surface area contributed by atoms with Crippen LogP contribution in [-0.2, 0) is 9.53 Å². The first-order valence-corrected chi connectivity index (χ1v) is 4.31. The second kappa shape index (κ2) is 4.04. The second-order valence-electron chi connectivity index (χ2n) is 3.27. The normalized spacial score (nSPS) is 22.7. The molecule has 5 nitrogen and oxygen atoms in total. The van der Waals surface area contributed by atoms with E-state index in [-0.39, 0.29) is 0 Å². The third-order valence-electron chi connectivity index (χ3n) is 2.12. The van der Waals surface area contributed by atoms with Crippen molar-refractivity contribution in [3.63, 3.8) is 0 Å². The Morgan fingerprint density at radius 3 is 2.46 bits per heavy atom. The molecule has 1 aliphatic carbocycles. The van der Waals surface area contributed by atoms with Crippen molar-refractivity contribution < 1.29 is 24.9 Å². The summed E-state index contributed by atoms with van der Waals surface area (Å²) < 4.78 is 4.66. The van der Waals surface area contributed by atoms with Gasteiger partial charge in [-0.15, -0.1) is 0 Å². The number of rotatable bonds is 3. The van der Waals surface area contributed by atoms with Crippen molar-refractivity contribution in [3.8, 4) is 0 Å². The molecule has 1 fully saturated rings.